The van der Waals surface area contributed by atoms with Gasteiger partial charge in [-0.3, -0.25) is 9.59 Å². The van der Waals surface area contributed by atoms with E-state index in [0.717, 1.165) is 19.4 Å². The van der Waals surface area contributed by atoms with Gasteiger partial charge in [-0.1, -0.05) is 19.8 Å². The van der Waals surface area contributed by atoms with E-state index in [2.05, 4.69) is 17.1 Å². The summed E-state index contributed by atoms with van der Waals surface area (Å²) in [6.45, 7) is 3.17. The Hall–Kier alpha value is -3.13. The highest BCUT2D eigenvalue weighted by molar-refractivity contribution is 6.04. The van der Waals surface area contributed by atoms with Gasteiger partial charge in [0.15, 0.2) is 0 Å². The fourth-order valence-corrected chi connectivity index (χ4v) is 5.02. The van der Waals surface area contributed by atoms with Crippen LogP contribution in [-0.2, 0) is 0 Å². The molecule has 1 aliphatic carbocycles. The number of nitrogens with one attached hydrogen (secondary N) is 1. The van der Waals surface area contributed by atoms with Crippen molar-refractivity contribution >= 4 is 17.5 Å². The Balaban J connectivity index is 1.44. The van der Waals surface area contributed by atoms with Gasteiger partial charge in [0.1, 0.15) is 0 Å². The highest BCUT2D eigenvalue weighted by atomic mass is 16.2. The molecule has 2 aliphatic rings. The van der Waals surface area contributed by atoms with Gasteiger partial charge in [0.25, 0.3) is 11.8 Å². The van der Waals surface area contributed by atoms with Crippen LogP contribution < -0.4 is 5.32 Å². The Morgan fingerprint density at radius 1 is 1.00 bits per heavy atom. The molecule has 30 heavy (non-hydrogen) atoms. The van der Waals surface area contributed by atoms with Gasteiger partial charge in [-0.05, 0) is 79.6 Å². The molecule has 2 atom stereocenters. The molecule has 1 N–H and O–H groups in total. The van der Waals surface area contributed by atoms with Gasteiger partial charge in [0.05, 0.1) is 11.6 Å². The third-order valence-electron chi connectivity index (χ3n) is 6.73. The molecule has 2 fully saturated rings. The van der Waals surface area contributed by atoms with Crippen molar-refractivity contribution in [3.63, 3.8) is 0 Å². The van der Waals surface area contributed by atoms with Crippen LogP contribution in [0.4, 0.5) is 5.69 Å². The van der Waals surface area contributed by atoms with Crippen molar-refractivity contribution in [2.24, 2.45) is 5.41 Å². The van der Waals surface area contributed by atoms with Crippen LogP contribution in [0.2, 0.25) is 0 Å². The molecule has 2 aromatic rings. The van der Waals surface area contributed by atoms with Crippen LogP contribution in [0.5, 0.6) is 0 Å². The number of piperidine rings is 1. The number of likely N-dealkylation sites (tertiary alicyclic amines) is 1. The normalized spacial score (nSPS) is 23.2. The fraction of sp³-hybridized carbons (Fsp3) is 0.400. The quantitative estimate of drug-likeness (QED) is 0.787. The van der Waals surface area contributed by atoms with Crippen molar-refractivity contribution in [3.05, 3.63) is 65.2 Å². The first-order chi connectivity index (χ1) is 14.5. The zero-order chi connectivity index (χ0) is 21.1. The SMILES string of the molecule is CC12CCCCC1N(C(=O)c1ccc(NC(=O)c3ccc(C#N)cc3)cc1)CCC2. The second-order valence-electron chi connectivity index (χ2n) is 8.74. The maximum absolute atomic E-state index is 13.2. The van der Waals surface area contributed by atoms with Gasteiger partial charge in [0, 0.05) is 29.4 Å². The van der Waals surface area contributed by atoms with Gasteiger partial charge >= 0.3 is 0 Å². The lowest BCUT2D eigenvalue weighted by molar-refractivity contribution is -0.000449. The van der Waals surface area contributed by atoms with E-state index < -0.39 is 0 Å². The predicted molar refractivity (Wildman–Crippen MR) is 116 cm³/mol. The molecular formula is C25H27N3O2. The number of hydrogen-bond donors (Lipinski definition) is 1. The molecule has 2 unspecified atom stereocenters. The summed E-state index contributed by atoms with van der Waals surface area (Å²) in [5, 5.41) is 11.7. The first-order valence-corrected chi connectivity index (χ1v) is 10.7. The standard InChI is InChI=1S/C25H27N3O2/c1-25-14-3-2-5-22(25)28(16-4-15-25)24(30)20-10-12-21(13-11-20)27-23(29)19-8-6-18(17-26)7-9-19/h6-13,22H,2-5,14-16H2,1H3,(H,27,29). The van der Waals surface area contributed by atoms with Gasteiger partial charge in [-0.25, -0.2) is 0 Å². The van der Waals surface area contributed by atoms with Crippen LogP contribution in [0.25, 0.3) is 0 Å². The number of nitrogens with zero attached hydrogens (tertiary/aromatic N) is 2. The van der Waals surface area contributed by atoms with Gasteiger partial charge in [0.2, 0.25) is 0 Å². The third kappa shape index (κ3) is 3.95. The lowest BCUT2D eigenvalue weighted by Crippen LogP contribution is -2.54. The van der Waals surface area contributed by atoms with Crippen molar-refractivity contribution < 1.29 is 9.59 Å². The predicted octanol–water partition coefficient (Wildman–Crippen LogP) is 5.00. The molecule has 0 spiro atoms. The Morgan fingerprint density at radius 3 is 2.37 bits per heavy atom. The minimum absolute atomic E-state index is 0.0952. The molecule has 0 aromatic heterocycles. The second-order valence-corrected chi connectivity index (χ2v) is 8.74. The Bertz CT molecular complexity index is 971. The molecule has 4 rings (SSSR count). The van der Waals surface area contributed by atoms with Crippen molar-refractivity contribution in [2.75, 3.05) is 11.9 Å². The molecule has 2 aromatic carbocycles. The number of amides is 2. The zero-order valence-corrected chi connectivity index (χ0v) is 17.4. The third-order valence-corrected chi connectivity index (χ3v) is 6.73. The van der Waals surface area contributed by atoms with Crippen LogP contribution in [0.1, 0.15) is 71.7 Å². The molecule has 0 bridgehead atoms. The average Bonchev–Trinajstić information content (AvgIpc) is 2.78. The van der Waals surface area contributed by atoms with E-state index in [1.165, 1.54) is 25.7 Å². The Kier molecular flexibility index (Phi) is 5.59. The van der Waals surface area contributed by atoms with E-state index in [1.807, 2.05) is 6.07 Å². The van der Waals surface area contributed by atoms with Crippen LogP contribution in [0, 0.1) is 16.7 Å². The average molecular weight is 402 g/mol. The highest BCUT2D eigenvalue weighted by Gasteiger charge is 2.44. The van der Waals surface area contributed by atoms with Crippen molar-refractivity contribution in [2.45, 2.75) is 51.5 Å². The molecule has 0 radical (unpaired) electrons. The lowest BCUT2D eigenvalue weighted by atomic mass is 9.66. The summed E-state index contributed by atoms with van der Waals surface area (Å²) in [6.07, 6.45) is 7.05. The smallest absolute Gasteiger partial charge is 0.255 e. The fourth-order valence-electron chi connectivity index (χ4n) is 5.02. The molecule has 1 aliphatic heterocycles. The van der Waals surface area contributed by atoms with E-state index in [0.29, 0.717) is 28.4 Å². The minimum atomic E-state index is -0.243. The molecule has 1 saturated carbocycles. The maximum Gasteiger partial charge on any atom is 0.255 e. The number of carbonyl (C=O) groups excluding carboxylic acids is 2. The summed E-state index contributed by atoms with van der Waals surface area (Å²) in [5.74, 6) is -0.148. The summed E-state index contributed by atoms with van der Waals surface area (Å²) in [7, 11) is 0. The molecular weight excluding hydrogens is 374 g/mol. The Morgan fingerprint density at radius 2 is 1.67 bits per heavy atom. The van der Waals surface area contributed by atoms with Gasteiger partial charge < -0.3 is 10.2 Å². The highest BCUT2D eigenvalue weighted by Crippen LogP contribution is 2.45. The first-order valence-electron chi connectivity index (χ1n) is 10.7. The van der Waals surface area contributed by atoms with E-state index in [-0.39, 0.29) is 17.2 Å². The maximum atomic E-state index is 13.2. The molecule has 1 heterocycles. The zero-order valence-electron chi connectivity index (χ0n) is 17.4. The summed E-state index contributed by atoms with van der Waals surface area (Å²) in [5.41, 5.74) is 2.56. The molecule has 5 nitrogen and oxygen atoms in total. The Labute approximate surface area is 177 Å². The summed E-state index contributed by atoms with van der Waals surface area (Å²) in [4.78, 5) is 27.7. The molecule has 154 valence electrons. The molecule has 2 amide bonds. The summed E-state index contributed by atoms with van der Waals surface area (Å²) >= 11 is 0. The molecule has 1 saturated heterocycles. The van der Waals surface area contributed by atoms with E-state index in [9.17, 15) is 9.59 Å². The first kappa shape index (κ1) is 20.2. The van der Waals surface area contributed by atoms with Crippen molar-refractivity contribution in [1.29, 1.82) is 5.26 Å². The monoisotopic (exact) mass is 401 g/mol. The number of rotatable bonds is 3. The summed E-state index contributed by atoms with van der Waals surface area (Å²) in [6, 6.07) is 16.0. The van der Waals surface area contributed by atoms with Gasteiger partial charge in [-0.2, -0.15) is 5.26 Å². The van der Waals surface area contributed by atoms with E-state index in [1.54, 1.807) is 48.5 Å². The second kappa shape index (κ2) is 8.31. The lowest BCUT2D eigenvalue weighted by Gasteiger charge is -2.51. The number of anilines is 1. The van der Waals surface area contributed by atoms with Gasteiger partial charge in [-0.15, -0.1) is 0 Å². The number of carbonyl (C=O) groups is 2. The topological polar surface area (TPSA) is 73.2 Å². The minimum Gasteiger partial charge on any atom is -0.335 e. The number of benzene rings is 2. The van der Waals surface area contributed by atoms with Crippen LogP contribution in [0.3, 0.4) is 0 Å². The van der Waals surface area contributed by atoms with Crippen LogP contribution in [-0.4, -0.2) is 29.3 Å². The number of hydrogen-bond acceptors (Lipinski definition) is 3. The summed E-state index contributed by atoms with van der Waals surface area (Å²) < 4.78 is 0. The number of fused-ring (bicyclic) bond motifs is 1. The van der Waals surface area contributed by atoms with Crippen molar-refractivity contribution in [3.8, 4) is 6.07 Å². The van der Waals surface area contributed by atoms with E-state index >= 15 is 0 Å². The van der Waals surface area contributed by atoms with Crippen molar-refractivity contribution in [1.82, 2.24) is 4.90 Å². The van der Waals surface area contributed by atoms with Crippen LogP contribution >= 0.6 is 0 Å². The van der Waals surface area contributed by atoms with Crippen LogP contribution in [0.15, 0.2) is 48.5 Å². The number of nitriles is 1. The van der Waals surface area contributed by atoms with E-state index in [4.69, 9.17) is 5.26 Å². The molecule has 5 heteroatoms. The largest absolute Gasteiger partial charge is 0.335 e.